The average Bonchev–Trinajstić information content (AvgIpc) is 3.25. The third-order valence-electron chi connectivity index (χ3n) is 4.67. The van der Waals surface area contributed by atoms with Crippen LogP contribution in [0.2, 0.25) is 0 Å². The lowest BCUT2D eigenvalue weighted by Gasteiger charge is -2.34. The van der Waals surface area contributed by atoms with E-state index >= 15 is 0 Å². The molecule has 3 heterocycles. The quantitative estimate of drug-likeness (QED) is 0.819. The molecule has 8 heteroatoms. The summed E-state index contributed by atoms with van der Waals surface area (Å²) in [5.74, 6) is 1.04. The first-order chi connectivity index (χ1) is 11.9. The van der Waals surface area contributed by atoms with E-state index in [1.807, 2.05) is 0 Å². The molecule has 2 aliphatic heterocycles. The molecule has 0 saturated carbocycles. The Morgan fingerprint density at radius 1 is 1.32 bits per heavy atom. The highest BCUT2D eigenvalue weighted by Gasteiger charge is 2.49. The zero-order chi connectivity index (χ0) is 17.7. The van der Waals surface area contributed by atoms with Gasteiger partial charge in [-0.2, -0.15) is 4.31 Å². The van der Waals surface area contributed by atoms with Crippen LogP contribution in [0.5, 0.6) is 11.5 Å². The Labute approximate surface area is 150 Å². The molecule has 1 aromatic carbocycles. The molecule has 1 spiro atoms. The Balaban J connectivity index is 1.61. The highest BCUT2D eigenvalue weighted by molar-refractivity contribution is 7.91. The minimum absolute atomic E-state index is 0.0458. The molecule has 0 amide bonds. The number of Topliss-reactive ketones (excluding diaryl/α,β-unsaturated/α-hetero) is 1. The monoisotopic (exact) mass is 379 g/mol. The van der Waals surface area contributed by atoms with Crippen LogP contribution in [0.15, 0.2) is 39.9 Å². The number of rotatable bonds is 3. The lowest BCUT2D eigenvalue weighted by atomic mass is 9.89. The summed E-state index contributed by atoms with van der Waals surface area (Å²) < 4.78 is 38.4. The third kappa shape index (κ3) is 2.74. The molecule has 132 valence electrons. The van der Waals surface area contributed by atoms with Gasteiger partial charge in [-0.1, -0.05) is 6.07 Å². The first kappa shape index (κ1) is 16.6. The number of sulfonamides is 1. The van der Waals surface area contributed by atoms with Crippen molar-refractivity contribution in [3.8, 4) is 11.5 Å². The van der Waals surface area contributed by atoms with Gasteiger partial charge in [0.25, 0.3) is 10.0 Å². The van der Waals surface area contributed by atoms with E-state index in [0.717, 1.165) is 0 Å². The molecule has 1 saturated heterocycles. The van der Waals surface area contributed by atoms with Crippen LogP contribution >= 0.6 is 11.3 Å². The van der Waals surface area contributed by atoms with E-state index in [-0.39, 0.29) is 18.7 Å². The number of benzene rings is 1. The fraction of sp³-hybridized carbons (Fsp3) is 0.353. The zero-order valence-electron chi connectivity index (χ0n) is 13.6. The Morgan fingerprint density at radius 3 is 2.88 bits per heavy atom. The summed E-state index contributed by atoms with van der Waals surface area (Å²) in [6, 6.07) is 8.43. The maximum absolute atomic E-state index is 12.7. The fourth-order valence-corrected chi connectivity index (χ4v) is 6.04. The molecular weight excluding hydrogens is 362 g/mol. The molecule has 0 N–H and O–H groups in total. The number of hydrogen-bond acceptors (Lipinski definition) is 6. The number of nitrogens with zero attached hydrogens (tertiary/aromatic N) is 1. The summed E-state index contributed by atoms with van der Waals surface area (Å²) >= 11 is 1.19. The summed E-state index contributed by atoms with van der Waals surface area (Å²) in [6.45, 7) is 0.531. The maximum atomic E-state index is 12.7. The van der Waals surface area contributed by atoms with Gasteiger partial charge in [0.2, 0.25) is 0 Å². The van der Waals surface area contributed by atoms with E-state index in [1.165, 1.54) is 15.6 Å². The van der Waals surface area contributed by atoms with Gasteiger partial charge < -0.3 is 9.47 Å². The number of thiophene rings is 1. The van der Waals surface area contributed by atoms with E-state index in [1.54, 1.807) is 42.8 Å². The van der Waals surface area contributed by atoms with Crippen LogP contribution in [-0.2, 0) is 10.0 Å². The highest BCUT2D eigenvalue weighted by atomic mass is 32.2. The van der Waals surface area contributed by atoms with Gasteiger partial charge in [0.15, 0.2) is 5.78 Å². The van der Waals surface area contributed by atoms with Gasteiger partial charge in [0.05, 0.1) is 25.6 Å². The number of carbonyl (C=O) groups is 1. The smallest absolute Gasteiger partial charge is 0.252 e. The topological polar surface area (TPSA) is 72.9 Å². The van der Waals surface area contributed by atoms with E-state index in [2.05, 4.69) is 0 Å². The van der Waals surface area contributed by atoms with E-state index in [9.17, 15) is 13.2 Å². The van der Waals surface area contributed by atoms with Gasteiger partial charge in [0.1, 0.15) is 21.3 Å². The van der Waals surface area contributed by atoms with Crippen LogP contribution in [0.4, 0.5) is 0 Å². The summed E-state index contributed by atoms with van der Waals surface area (Å²) in [4.78, 5) is 12.6. The summed E-state index contributed by atoms with van der Waals surface area (Å²) in [7, 11) is -1.99. The van der Waals surface area contributed by atoms with Gasteiger partial charge in [-0.25, -0.2) is 8.42 Å². The first-order valence-electron chi connectivity index (χ1n) is 7.87. The Morgan fingerprint density at radius 2 is 2.16 bits per heavy atom. The normalized spacial score (nSPS) is 23.5. The molecular formula is C17H17NO5S2. The van der Waals surface area contributed by atoms with Crippen molar-refractivity contribution in [3.63, 3.8) is 0 Å². The van der Waals surface area contributed by atoms with Crippen molar-refractivity contribution in [2.75, 3.05) is 20.2 Å². The van der Waals surface area contributed by atoms with Crippen LogP contribution in [0, 0.1) is 0 Å². The number of methoxy groups -OCH3 is 1. The largest absolute Gasteiger partial charge is 0.497 e. The van der Waals surface area contributed by atoms with Gasteiger partial charge in [-0.3, -0.25) is 4.79 Å². The fourth-order valence-electron chi connectivity index (χ4n) is 3.38. The van der Waals surface area contributed by atoms with Gasteiger partial charge in [-0.15, -0.1) is 11.3 Å². The Kier molecular flexibility index (Phi) is 3.86. The second-order valence-corrected chi connectivity index (χ2v) is 9.38. The van der Waals surface area contributed by atoms with Crippen LogP contribution in [0.3, 0.4) is 0 Å². The van der Waals surface area contributed by atoms with Crippen molar-refractivity contribution >= 4 is 27.1 Å². The molecule has 1 aromatic heterocycles. The standard InChI is InChI=1S/C17H17NO5S2/c1-22-12-4-5-15-13(9-12)14(19)10-17(23-15)6-7-18(11-17)25(20,21)16-3-2-8-24-16/h2-5,8-9H,6-7,10-11H2,1H3. The maximum Gasteiger partial charge on any atom is 0.252 e. The zero-order valence-corrected chi connectivity index (χ0v) is 15.2. The SMILES string of the molecule is COc1ccc2c(c1)C(=O)CC1(CCN(S(=O)(=O)c3cccs3)C1)O2. The second kappa shape index (κ2) is 5.82. The van der Waals surface area contributed by atoms with Crippen molar-refractivity contribution in [2.45, 2.75) is 22.7 Å². The second-order valence-electron chi connectivity index (χ2n) is 6.27. The molecule has 1 unspecified atom stereocenters. The van der Waals surface area contributed by atoms with Crippen molar-refractivity contribution in [2.24, 2.45) is 0 Å². The van der Waals surface area contributed by atoms with Crippen molar-refractivity contribution < 1.29 is 22.7 Å². The van der Waals surface area contributed by atoms with Gasteiger partial charge in [0, 0.05) is 13.0 Å². The molecule has 2 aliphatic rings. The Hall–Kier alpha value is -1.90. The summed E-state index contributed by atoms with van der Waals surface area (Å²) in [5, 5.41) is 1.74. The number of carbonyl (C=O) groups excluding carboxylic acids is 1. The summed E-state index contributed by atoms with van der Waals surface area (Å²) in [6.07, 6.45) is 0.665. The van der Waals surface area contributed by atoms with Crippen molar-refractivity contribution in [1.29, 1.82) is 0 Å². The van der Waals surface area contributed by atoms with Crippen LogP contribution in [0.1, 0.15) is 23.2 Å². The predicted octanol–water partition coefficient (Wildman–Crippen LogP) is 2.56. The number of fused-ring (bicyclic) bond motifs is 1. The molecule has 1 atom stereocenters. The van der Waals surface area contributed by atoms with Crippen molar-refractivity contribution in [1.82, 2.24) is 4.31 Å². The number of ether oxygens (including phenoxy) is 2. The van der Waals surface area contributed by atoms with E-state index < -0.39 is 15.6 Å². The molecule has 1 fully saturated rings. The molecule has 4 rings (SSSR count). The van der Waals surface area contributed by atoms with Crippen LogP contribution in [0.25, 0.3) is 0 Å². The molecule has 2 aromatic rings. The van der Waals surface area contributed by atoms with Gasteiger partial charge in [-0.05, 0) is 29.6 Å². The number of ketones is 1. The minimum atomic E-state index is -3.54. The van der Waals surface area contributed by atoms with Gasteiger partial charge >= 0.3 is 0 Å². The van der Waals surface area contributed by atoms with E-state index in [4.69, 9.17) is 9.47 Å². The van der Waals surface area contributed by atoms with Crippen LogP contribution in [-0.4, -0.2) is 44.3 Å². The lowest BCUT2D eigenvalue weighted by Crippen LogP contribution is -2.45. The molecule has 0 radical (unpaired) electrons. The molecule has 0 bridgehead atoms. The highest BCUT2D eigenvalue weighted by Crippen LogP contribution is 2.41. The van der Waals surface area contributed by atoms with E-state index in [0.29, 0.717) is 34.2 Å². The van der Waals surface area contributed by atoms with Crippen molar-refractivity contribution in [3.05, 3.63) is 41.3 Å². The summed E-state index contributed by atoms with van der Waals surface area (Å²) in [5.41, 5.74) is -0.298. The lowest BCUT2D eigenvalue weighted by molar-refractivity contribution is 0.0497. The molecule has 0 aliphatic carbocycles. The molecule has 6 nitrogen and oxygen atoms in total. The number of hydrogen-bond donors (Lipinski definition) is 0. The minimum Gasteiger partial charge on any atom is -0.497 e. The molecule has 25 heavy (non-hydrogen) atoms. The Bertz CT molecular complexity index is 923. The first-order valence-corrected chi connectivity index (χ1v) is 10.2. The third-order valence-corrected chi connectivity index (χ3v) is 7.89. The predicted molar refractivity (Wildman–Crippen MR) is 93.0 cm³/mol. The average molecular weight is 379 g/mol. The van der Waals surface area contributed by atoms with Crippen LogP contribution < -0.4 is 9.47 Å².